The lowest BCUT2D eigenvalue weighted by Crippen LogP contribution is -2.61. The topological polar surface area (TPSA) is 97.3 Å². The molecule has 34 heavy (non-hydrogen) atoms. The van der Waals surface area contributed by atoms with Crippen molar-refractivity contribution in [1.82, 2.24) is 25.5 Å². The number of aromatic nitrogens is 2. The first-order valence-corrected chi connectivity index (χ1v) is 12.4. The van der Waals surface area contributed by atoms with Crippen LogP contribution in [0.2, 0.25) is 0 Å². The second kappa shape index (κ2) is 9.31. The van der Waals surface area contributed by atoms with Crippen LogP contribution in [-0.4, -0.2) is 40.7 Å². The third kappa shape index (κ3) is 4.76. The number of urea groups is 1. The molecule has 182 valence electrons. The SMILES string of the molecule is COc1cccc(C(NC(=O)CCNC(=O)NC23CC4CC(CC(C4)C2)C3)c2nccn2C)c1. The quantitative estimate of drug-likeness (QED) is 0.557. The lowest BCUT2D eigenvalue weighted by molar-refractivity contribution is -0.121. The Bertz CT molecular complexity index is 1010. The summed E-state index contributed by atoms with van der Waals surface area (Å²) in [5.74, 6) is 3.63. The van der Waals surface area contributed by atoms with Gasteiger partial charge in [-0.3, -0.25) is 4.79 Å². The molecule has 4 bridgehead atoms. The first-order valence-electron chi connectivity index (χ1n) is 12.4. The summed E-state index contributed by atoms with van der Waals surface area (Å²) >= 11 is 0. The van der Waals surface area contributed by atoms with E-state index in [1.54, 1.807) is 13.3 Å². The highest BCUT2D eigenvalue weighted by Crippen LogP contribution is 2.55. The van der Waals surface area contributed by atoms with Crippen LogP contribution in [0.25, 0.3) is 0 Å². The Balaban J connectivity index is 1.16. The normalized spacial score (nSPS) is 27.8. The second-order valence-electron chi connectivity index (χ2n) is 10.5. The Labute approximate surface area is 200 Å². The zero-order valence-corrected chi connectivity index (χ0v) is 20.0. The molecule has 3 N–H and O–H groups in total. The maximum absolute atomic E-state index is 12.8. The van der Waals surface area contributed by atoms with E-state index in [9.17, 15) is 9.59 Å². The van der Waals surface area contributed by atoms with Gasteiger partial charge in [-0.15, -0.1) is 0 Å². The second-order valence-corrected chi connectivity index (χ2v) is 10.5. The number of amides is 3. The average molecular weight is 466 g/mol. The fourth-order valence-corrected chi connectivity index (χ4v) is 6.84. The van der Waals surface area contributed by atoms with Crippen LogP contribution in [-0.2, 0) is 11.8 Å². The maximum Gasteiger partial charge on any atom is 0.315 e. The van der Waals surface area contributed by atoms with Gasteiger partial charge in [-0.25, -0.2) is 9.78 Å². The zero-order valence-electron chi connectivity index (χ0n) is 20.0. The van der Waals surface area contributed by atoms with Crippen LogP contribution in [0.15, 0.2) is 36.7 Å². The van der Waals surface area contributed by atoms with E-state index in [-0.39, 0.29) is 30.4 Å². The number of nitrogens with zero attached hydrogens (tertiary/aromatic N) is 2. The molecule has 1 aromatic heterocycles. The summed E-state index contributed by atoms with van der Waals surface area (Å²) in [6.45, 7) is 0.287. The fraction of sp³-hybridized carbons (Fsp3) is 0.577. The average Bonchev–Trinajstić information content (AvgIpc) is 3.21. The Morgan fingerprint density at radius 3 is 2.50 bits per heavy atom. The van der Waals surface area contributed by atoms with Crippen molar-refractivity contribution < 1.29 is 14.3 Å². The molecule has 4 saturated carbocycles. The molecule has 4 aliphatic rings. The number of hydrogen-bond acceptors (Lipinski definition) is 4. The van der Waals surface area contributed by atoms with Crippen molar-refractivity contribution in [2.45, 2.75) is 56.5 Å². The van der Waals surface area contributed by atoms with E-state index >= 15 is 0 Å². The molecule has 0 saturated heterocycles. The van der Waals surface area contributed by atoms with Gasteiger partial charge < -0.3 is 25.3 Å². The van der Waals surface area contributed by atoms with Crippen LogP contribution in [0.1, 0.15) is 62.4 Å². The molecule has 0 radical (unpaired) electrons. The van der Waals surface area contributed by atoms with Gasteiger partial charge >= 0.3 is 6.03 Å². The van der Waals surface area contributed by atoms with Crippen LogP contribution in [0.4, 0.5) is 4.79 Å². The number of carbonyl (C=O) groups is 2. The predicted octanol–water partition coefficient (Wildman–Crippen LogP) is 3.29. The van der Waals surface area contributed by atoms with Crippen molar-refractivity contribution in [3.8, 4) is 5.75 Å². The van der Waals surface area contributed by atoms with E-state index in [0.717, 1.165) is 48.4 Å². The number of ether oxygens (including phenoxy) is 1. The molecule has 4 aliphatic carbocycles. The van der Waals surface area contributed by atoms with E-state index < -0.39 is 6.04 Å². The van der Waals surface area contributed by atoms with E-state index in [2.05, 4.69) is 20.9 Å². The molecule has 4 fully saturated rings. The third-order valence-corrected chi connectivity index (χ3v) is 7.90. The van der Waals surface area contributed by atoms with E-state index in [4.69, 9.17) is 4.74 Å². The number of carbonyl (C=O) groups excluding carboxylic acids is 2. The summed E-state index contributed by atoms with van der Waals surface area (Å²) in [6, 6.07) is 7.04. The Morgan fingerprint density at radius 1 is 1.18 bits per heavy atom. The molecule has 8 nitrogen and oxygen atoms in total. The summed E-state index contributed by atoms with van der Waals surface area (Å²) in [7, 11) is 3.52. The third-order valence-electron chi connectivity index (χ3n) is 7.90. The Kier molecular flexibility index (Phi) is 6.23. The lowest BCUT2D eigenvalue weighted by Gasteiger charge is -2.56. The highest BCUT2D eigenvalue weighted by atomic mass is 16.5. The zero-order chi connectivity index (χ0) is 23.7. The molecule has 0 spiro atoms. The van der Waals surface area contributed by atoms with Crippen molar-refractivity contribution in [3.63, 3.8) is 0 Å². The van der Waals surface area contributed by atoms with Gasteiger partial charge in [0.25, 0.3) is 0 Å². The lowest BCUT2D eigenvalue weighted by atomic mass is 9.53. The first-order chi connectivity index (χ1) is 16.4. The van der Waals surface area contributed by atoms with Crippen molar-refractivity contribution >= 4 is 11.9 Å². The van der Waals surface area contributed by atoms with Gasteiger partial charge in [0.15, 0.2) is 0 Å². The molecule has 8 heteroatoms. The summed E-state index contributed by atoms with van der Waals surface area (Å²) in [5.41, 5.74) is 0.853. The molecular formula is C26H35N5O3. The molecular weight excluding hydrogens is 430 g/mol. The number of rotatable bonds is 8. The van der Waals surface area contributed by atoms with Gasteiger partial charge in [0, 0.05) is 37.9 Å². The number of methoxy groups -OCH3 is 1. The molecule has 6 rings (SSSR count). The highest BCUT2D eigenvalue weighted by molar-refractivity contribution is 5.79. The summed E-state index contributed by atoms with van der Waals surface area (Å²) in [5, 5.41) is 9.29. The summed E-state index contributed by atoms with van der Waals surface area (Å²) in [4.78, 5) is 29.9. The van der Waals surface area contributed by atoms with Crippen LogP contribution < -0.4 is 20.7 Å². The van der Waals surface area contributed by atoms with Gasteiger partial charge in [-0.05, 0) is 74.0 Å². The van der Waals surface area contributed by atoms with Crippen molar-refractivity contribution in [2.24, 2.45) is 24.8 Å². The standard InChI is InChI=1S/C26H35N5O3/c1-31-9-8-27-24(31)23(20-4-3-5-21(13-20)34-2)29-22(32)6-7-28-25(33)30-26-14-17-10-18(15-26)12-19(11-17)16-26/h3-5,8-9,13,17-19,23H,6-7,10-12,14-16H2,1-2H3,(H,29,32)(H2,28,30,33). The summed E-state index contributed by atoms with van der Waals surface area (Å²) < 4.78 is 7.24. The van der Waals surface area contributed by atoms with Crippen LogP contribution in [0.3, 0.4) is 0 Å². The maximum atomic E-state index is 12.8. The molecule has 0 aliphatic heterocycles. The number of nitrogens with one attached hydrogen (secondary N) is 3. The Hall–Kier alpha value is -3.03. The predicted molar refractivity (Wildman–Crippen MR) is 128 cm³/mol. The van der Waals surface area contributed by atoms with Crippen LogP contribution >= 0.6 is 0 Å². The number of imidazole rings is 1. The number of aryl methyl sites for hydroxylation is 1. The molecule has 2 aromatic rings. The molecule has 1 unspecified atom stereocenters. The van der Waals surface area contributed by atoms with Crippen molar-refractivity contribution in [3.05, 3.63) is 48.0 Å². The van der Waals surface area contributed by atoms with Crippen molar-refractivity contribution in [1.29, 1.82) is 0 Å². The minimum Gasteiger partial charge on any atom is -0.497 e. The highest BCUT2D eigenvalue weighted by Gasteiger charge is 2.51. The van der Waals surface area contributed by atoms with E-state index in [0.29, 0.717) is 5.75 Å². The molecule has 1 heterocycles. The molecule has 1 atom stereocenters. The van der Waals surface area contributed by atoms with Gasteiger partial charge in [0.2, 0.25) is 5.91 Å². The van der Waals surface area contributed by atoms with Crippen molar-refractivity contribution in [2.75, 3.05) is 13.7 Å². The minimum absolute atomic E-state index is 0.0310. The monoisotopic (exact) mass is 465 g/mol. The van der Waals surface area contributed by atoms with Crippen LogP contribution in [0.5, 0.6) is 5.75 Å². The van der Waals surface area contributed by atoms with Crippen LogP contribution in [0, 0.1) is 17.8 Å². The van der Waals surface area contributed by atoms with Gasteiger partial charge in [-0.2, -0.15) is 0 Å². The van der Waals surface area contributed by atoms with Gasteiger partial charge in [-0.1, -0.05) is 12.1 Å². The molecule has 3 amide bonds. The number of hydrogen-bond donors (Lipinski definition) is 3. The fourth-order valence-electron chi connectivity index (χ4n) is 6.84. The smallest absolute Gasteiger partial charge is 0.315 e. The molecule has 1 aromatic carbocycles. The van der Waals surface area contributed by atoms with E-state index in [1.807, 2.05) is 42.1 Å². The minimum atomic E-state index is -0.413. The van der Waals surface area contributed by atoms with Gasteiger partial charge in [0.05, 0.1) is 7.11 Å². The first kappa shape index (κ1) is 22.7. The summed E-state index contributed by atoms with van der Waals surface area (Å²) in [6.07, 6.45) is 11.1. The Morgan fingerprint density at radius 2 is 1.88 bits per heavy atom. The largest absolute Gasteiger partial charge is 0.497 e. The van der Waals surface area contributed by atoms with Gasteiger partial charge in [0.1, 0.15) is 17.6 Å². The number of benzene rings is 1. The van der Waals surface area contributed by atoms with E-state index in [1.165, 1.54) is 19.3 Å².